The quantitative estimate of drug-likeness (QED) is 0.446. The number of aryl methyl sites for hydroxylation is 1. The Morgan fingerprint density at radius 2 is 1.88 bits per heavy atom. The second-order valence-electron chi connectivity index (χ2n) is 5.50. The van der Waals surface area contributed by atoms with Crippen LogP contribution in [-0.4, -0.2) is 15.9 Å². The summed E-state index contributed by atoms with van der Waals surface area (Å²) in [7, 11) is 0. The molecule has 0 fully saturated rings. The minimum absolute atomic E-state index is 0.00692. The van der Waals surface area contributed by atoms with Crippen LogP contribution in [0.15, 0.2) is 48.7 Å². The van der Waals surface area contributed by atoms with Gasteiger partial charge in [-0.05, 0) is 42.3 Å². The van der Waals surface area contributed by atoms with Crippen LogP contribution in [0, 0.1) is 6.92 Å². The minimum Gasteiger partial charge on any atom is -0.397 e. The average molecular weight is 388 g/mol. The highest BCUT2D eigenvalue weighted by atomic mass is 35.5. The molecule has 0 aliphatic heterocycles. The number of aromatic nitrogens is 2. The van der Waals surface area contributed by atoms with Crippen molar-refractivity contribution in [2.24, 2.45) is 0 Å². The molecular formula is C18H15Cl2N5O. The third-order valence-electron chi connectivity index (χ3n) is 3.68. The van der Waals surface area contributed by atoms with Crippen LogP contribution in [0.1, 0.15) is 15.9 Å². The van der Waals surface area contributed by atoms with Gasteiger partial charge < -0.3 is 16.4 Å². The number of amides is 1. The number of nitrogen functional groups attached to an aromatic ring is 1. The van der Waals surface area contributed by atoms with Gasteiger partial charge in [-0.3, -0.25) is 4.79 Å². The van der Waals surface area contributed by atoms with Crippen molar-refractivity contribution < 1.29 is 4.79 Å². The summed E-state index contributed by atoms with van der Waals surface area (Å²) < 4.78 is 0. The van der Waals surface area contributed by atoms with E-state index in [1.165, 1.54) is 6.20 Å². The van der Waals surface area contributed by atoms with Crippen molar-refractivity contribution in [1.82, 2.24) is 9.97 Å². The van der Waals surface area contributed by atoms with Crippen LogP contribution in [-0.2, 0) is 0 Å². The molecule has 4 N–H and O–H groups in total. The van der Waals surface area contributed by atoms with Gasteiger partial charge in [0, 0.05) is 6.20 Å². The van der Waals surface area contributed by atoms with Crippen molar-refractivity contribution in [1.29, 1.82) is 0 Å². The van der Waals surface area contributed by atoms with Crippen molar-refractivity contribution in [3.8, 4) is 0 Å². The third kappa shape index (κ3) is 3.87. The first-order valence-electron chi connectivity index (χ1n) is 7.66. The fourth-order valence-corrected chi connectivity index (χ4v) is 2.73. The van der Waals surface area contributed by atoms with E-state index in [4.69, 9.17) is 28.9 Å². The number of nitrogens with zero attached hydrogens (tertiary/aromatic N) is 2. The van der Waals surface area contributed by atoms with Crippen molar-refractivity contribution in [3.63, 3.8) is 0 Å². The SMILES string of the molecule is Cc1cccc(Cl)c1NC(=O)c1cnc(Cl)nc1Nc1ccccc1N. The monoisotopic (exact) mass is 387 g/mol. The van der Waals surface area contributed by atoms with Gasteiger partial charge in [-0.1, -0.05) is 35.9 Å². The summed E-state index contributed by atoms with van der Waals surface area (Å²) in [5.74, 6) is -0.181. The Morgan fingerprint density at radius 3 is 2.62 bits per heavy atom. The smallest absolute Gasteiger partial charge is 0.261 e. The Kier molecular flexibility index (Phi) is 5.25. The van der Waals surface area contributed by atoms with Crippen molar-refractivity contribution in [2.45, 2.75) is 6.92 Å². The maximum Gasteiger partial charge on any atom is 0.261 e. The molecule has 0 unspecified atom stereocenters. The lowest BCUT2D eigenvalue weighted by molar-refractivity contribution is 0.102. The molecule has 0 radical (unpaired) electrons. The summed E-state index contributed by atoms with van der Waals surface area (Å²) >= 11 is 12.1. The Bertz CT molecular complexity index is 957. The van der Waals surface area contributed by atoms with Crippen molar-refractivity contribution in [2.75, 3.05) is 16.4 Å². The van der Waals surface area contributed by atoms with Crippen molar-refractivity contribution in [3.05, 3.63) is 70.1 Å². The molecule has 0 aliphatic rings. The number of hydrogen-bond acceptors (Lipinski definition) is 5. The molecule has 3 rings (SSSR count). The molecule has 0 saturated carbocycles. The zero-order chi connectivity index (χ0) is 18.7. The summed E-state index contributed by atoms with van der Waals surface area (Å²) in [5.41, 5.74) is 8.62. The molecule has 6 nitrogen and oxygen atoms in total. The van der Waals surface area contributed by atoms with Crippen LogP contribution in [0.4, 0.5) is 22.9 Å². The number of carbonyl (C=O) groups is 1. The number of anilines is 4. The lowest BCUT2D eigenvalue weighted by Gasteiger charge is -2.14. The van der Waals surface area contributed by atoms with E-state index in [1.807, 2.05) is 25.1 Å². The molecule has 0 aliphatic carbocycles. The second kappa shape index (κ2) is 7.59. The first-order valence-corrected chi connectivity index (χ1v) is 8.42. The van der Waals surface area contributed by atoms with E-state index < -0.39 is 5.91 Å². The first kappa shape index (κ1) is 18.0. The summed E-state index contributed by atoms with van der Waals surface area (Å²) in [5, 5.41) is 6.26. The lowest BCUT2D eigenvalue weighted by atomic mass is 10.2. The maximum atomic E-state index is 12.8. The predicted molar refractivity (Wildman–Crippen MR) is 105 cm³/mol. The van der Waals surface area contributed by atoms with E-state index in [-0.39, 0.29) is 16.7 Å². The van der Waals surface area contributed by atoms with E-state index in [2.05, 4.69) is 20.6 Å². The number of rotatable bonds is 4. The largest absolute Gasteiger partial charge is 0.397 e. The molecule has 132 valence electrons. The van der Waals surface area contributed by atoms with Gasteiger partial charge in [0.15, 0.2) is 0 Å². The van der Waals surface area contributed by atoms with Gasteiger partial charge in [0.05, 0.1) is 22.1 Å². The zero-order valence-corrected chi connectivity index (χ0v) is 15.3. The Labute approximate surface area is 160 Å². The van der Waals surface area contributed by atoms with Crippen LogP contribution >= 0.6 is 23.2 Å². The number of nitrogens with one attached hydrogen (secondary N) is 2. The number of benzene rings is 2. The first-order chi connectivity index (χ1) is 12.5. The highest BCUT2D eigenvalue weighted by molar-refractivity contribution is 6.34. The summed E-state index contributed by atoms with van der Waals surface area (Å²) in [6.07, 6.45) is 1.35. The fraction of sp³-hybridized carbons (Fsp3) is 0.0556. The van der Waals surface area contributed by atoms with Gasteiger partial charge in [-0.15, -0.1) is 0 Å². The predicted octanol–water partition coefficient (Wildman–Crippen LogP) is 4.67. The normalized spacial score (nSPS) is 10.4. The van der Waals surface area contributed by atoms with Crippen LogP contribution in [0.25, 0.3) is 0 Å². The molecular weight excluding hydrogens is 373 g/mol. The maximum absolute atomic E-state index is 12.8. The van der Waals surface area contributed by atoms with E-state index in [0.717, 1.165) is 5.56 Å². The van der Waals surface area contributed by atoms with Gasteiger partial charge in [0.25, 0.3) is 5.91 Å². The molecule has 0 atom stereocenters. The molecule has 0 bridgehead atoms. The van der Waals surface area contributed by atoms with Gasteiger partial charge in [-0.2, -0.15) is 4.98 Å². The van der Waals surface area contributed by atoms with Crippen LogP contribution in [0.2, 0.25) is 10.3 Å². The molecule has 0 saturated heterocycles. The summed E-state index contributed by atoms with van der Waals surface area (Å²) in [6, 6.07) is 12.5. The average Bonchev–Trinajstić information content (AvgIpc) is 2.60. The number of halogens is 2. The minimum atomic E-state index is -0.421. The molecule has 26 heavy (non-hydrogen) atoms. The summed E-state index contributed by atoms with van der Waals surface area (Å²) in [6.45, 7) is 1.85. The molecule has 1 amide bonds. The Morgan fingerprint density at radius 1 is 1.12 bits per heavy atom. The number of hydrogen-bond donors (Lipinski definition) is 3. The molecule has 8 heteroatoms. The van der Waals surface area contributed by atoms with Gasteiger partial charge in [-0.25, -0.2) is 4.98 Å². The van der Waals surface area contributed by atoms with Gasteiger partial charge in [0.1, 0.15) is 11.4 Å². The van der Waals surface area contributed by atoms with E-state index in [1.54, 1.807) is 24.3 Å². The second-order valence-corrected chi connectivity index (χ2v) is 6.24. The standard InChI is InChI=1S/C18H15Cl2N5O/c1-10-5-4-6-12(19)15(10)24-17(26)11-9-22-18(20)25-16(11)23-14-8-3-2-7-13(14)21/h2-9H,21H2,1H3,(H,24,26)(H,22,23,25). The number of para-hydroxylation sites is 3. The third-order valence-corrected chi connectivity index (χ3v) is 4.18. The molecule has 0 spiro atoms. The Balaban J connectivity index is 1.95. The highest BCUT2D eigenvalue weighted by Crippen LogP contribution is 2.28. The van der Waals surface area contributed by atoms with Crippen molar-refractivity contribution >= 4 is 52.0 Å². The molecule has 3 aromatic rings. The van der Waals surface area contributed by atoms with E-state index >= 15 is 0 Å². The fourth-order valence-electron chi connectivity index (χ4n) is 2.33. The summed E-state index contributed by atoms with van der Waals surface area (Å²) in [4.78, 5) is 20.8. The number of nitrogens with two attached hydrogens (primary N) is 1. The van der Waals surface area contributed by atoms with Crippen LogP contribution in [0.5, 0.6) is 0 Å². The Hall–Kier alpha value is -2.83. The van der Waals surface area contributed by atoms with Crippen LogP contribution < -0.4 is 16.4 Å². The van der Waals surface area contributed by atoms with E-state index in [9.17, 15) is 4.79 Å². The zero-order valence-electron chi connectivity index (χ0n) is 13.8. The topological polar surface area (TPSA) is 92.9 Å². The number of carbonyl (C=O) groups excluding carboxylic acids is 1. The molecule has 2 aromatic carbocycles. The highest BCUT2D eigenvalue weighted by Gasteiger charge is 2.17. The van der Waals surface area contributed by atoms with Gasteiger partial charge >= 0.3 is 0 Å². The van der Waals surface area contributed by atoms with Gasteiger partial charge in [0.2, 0.25) is 5.28 Å². The molecule has 1 aromatic heterocycles. The lowest BCUT2D eigenvalue weighted by Crippen LogP contribution is -2.16. The van der Waals surface area contributed by atoms with E-state index in [0.29, 0.717) is 22.1 Å². The molecule has 1 heterocycles. The van der Waals surface area contributed by atoms with Crippen LogP contribution in [0.3, 0.4) is 0 Å².